The van der Waals surface area contributed by atoms with Gasteiger partial charge in [-0.05, 0) is 31.7 Å². The zero-order valence-corrected chi connectivity index (χ0v) is 17.7. The molecule has 1 aromatic carbocycles. The first-order chi connectivity index (χ1) is 14.1. The van der Waals surface area contributed by atoms with Crippen molar-refractivity contribution in [2.45, 2.75) is 38.6 Å². The van der Waals surface area contributed by atoms with Crippen molar-refractivity contribution in [1.29, 1.82) is 0 Å². The smallest absolute Gasteiger partial charge is 0.265 e. The standard InChI is InChI=1S/C22H28N4O2S/c1-16-20(29-19(24-16)15-17-7-3-2-4-8-17)22(28)26-13-11-25(12-14-26)18-9-5-6-10-23-21(18)27/h2-4,7-8,18H,5-6,9-15H2,1H3,(H,23,27). The molecule has 4 rings (SSSR count). The number of aryl methyl sites for hydroxylation is 1. The molecule has 2 fully saturated rings. The van der Waals surface area contributed by atoms with Crippen LogP contribution in [0, 0.1) is 6.92 Å². The van der Waals surface area contributed by atoms with Gasteiger partial charge in [-0.3, -0.25) is 14.5 Å². The third-order valence-corrected chi connectivity index (χ3v) is 6.93. The van der Waals surface area contributed by atoms with E-state index in [0.29, 0.717) is 13.1 Å². The van der Waals surface area contributed by atoms with Crippen molar-refractivity contribution in [3.05, 3.63) is 51.5 Å². The van der Waals surface area contributed by atoms with Crippen LogP contribution in [0.4, 0.5) is 0 Å². The van der Waals surface area contributed by atoms with E-state index in [1.54, 1.807) is 0 Å². The molecule has 2 aliphatic rings. The Kier molecular flexibility index (Phi) is 6.25. The van der Waals surface area contributed by atoms with Gasteiger partial charge in [-0.25, -0.2) is 4.98 Å². The van der Waals surface area contributed by atoms with Crippen LogP contribution in [-0.2, 0) is 11.2 Å². The second kappa shape index (κ2) is 9.05. The Balaban J connectivity index is 1.38. The van der Waals surface area contributed by atoms with E-state index < -0.39 is 0 Å². The minimum Gasteiger partial charge on any atom is -0.355 e. The predicted molar refractivity (Wildman–Crippen MR) is 114 cm³/mol. The molecule has 29 heavy (non-hydrogen) atoms. The number of nitrogens with one attached hydrogen (secondary N) is 1. The van der Waals surface area contributed by atoms with Gasteiger partial charge in [-0.2, -0.15) is 0 Å². The predicted octanol–water partition coefficient (Wildman–Crippen LogP) is 2.47. The largest absolute Gasteiger partial charge is 0.355 e. The minimum absolute atomic E-state index is 0.0441. The van der Waals surface area contributed by atoms with Crippen LogP contribution < -0.4 is 5.32 Å². The second-order valence-corrected chi connectivity index (χ2v) is 8.90. The summed E-state index contributed by atoms with van der Waals surface area (Å²) in [6.07, 6.45) is 3.80. The van der Waals surface area contributed by atoms with Crippen molar-refractivity contribution in [1.82, 2.24) is 20.1 Å². The van der Waals surface area contributed by atoms with Crippen molar-refractivity contribution in [2.24, 2.45) is 0 Å². The molecular formula is C22H28N4O2S. The lowest BCUT2D eigenvalue weighted by Crippen LogP contribution is -2.55. The van der Waals surface area contributed by atoms with E-state index in [9.17, 15) is 9.59 Å². The monoisotopic (exact) mass is 412 g/mol. The van der Waals surface area contributed by atoms with E-state index in [4.69, 9.17) is 0 Å². The fourth-order valence-electron chi connectivity index (χ4n) is 4.15. The van der Waals surface area contributed by atoms with Crippen molar-refractivity contribution in [3.8, 4) is 0 Å². The summed E-state index contributed by atoms with van der Waals surface area (Å²) in [6.45, 7) is 5.52. The molecule has 1 N–H and O–H groups in total. The topological polar surface area (TPSA) is 65.5 Å². The molecule has 0 spiro atoms. The molecule has 3 heterocycles. The van der Waals surface area contributed by atoms with E-state index in [1.165, 1.54) is 16.9 Å². The molecule has 1 atom stereocenters. The molecule has 1 unspecified atom stereocenters. The van der Waals surface area contributed by atoms with Gasteiger partial charge in [-0.15, -0.1) is 11.3 Å². The molecule has 0 aliphatic carbocycles. The summed E-state index contributed by atoms with van der Waals surface area (Å²) in [6, 6.07) is 10.2. The maximum absolute atomic E-state index is 13.1. The van der Waals surface area contributed by atoms with Crippen molar-refractivity contribution >= 4 is 23.2 Å². The van der Waals surface area contributed by atoms with Crippen LogP contribution in [-0.4, -0.2) is 65.4 Å². The Morgan fingerprint density at radius 2 is 1.93 bits per heavy atom. The highest BCUT2D eigenvalue weighted by molar-refractivity contribution is 7.13. The summed E-state index contributed by atoms with van der Waals surface area (Å²) in [5.74, 6) is 0.218. The zero-order chi connectivity index (χ0) is 20.2. The number of carbonyl (C=O) groups excluding carboxylic acids is 2. The van der Waals surface area contributed by atoms with Gasteiger partial charge in [0.2, 0.25) is 5.91 Å². The summed E-state index contributed by atoms with van der Waals surface area (Å²) in [5.41, 5.74) is 2.02. The number of benzene rings is 1. The summed E-state index contributed by atoms with van der Waals surface area (Å²) >= 11 is 1.51. The van der Waals surface area contributed by atoms with E-state index in [1.807, 2.05) is 30.0 Å². The van der Waals surface area contributed by atoms with Gasteiger partial charge in [0.05, 0.1) is 16.7 Å². The second-order valence-electron chi connectivity index (χ2n) is 7.82. The molecule has 2 aromatic rings. The normalized spacial score (nSPS) is 20.9. The summed E-state index contributed by atoms with van der Waals surface area (Å²) < 4.78 is 0. The number of hydrogen-bond donors (Lipinski definition) is 1. The van der Waals surface area contributed by atoms with Gasteiger partial charge in [0.15, 0.2) is 0 Å². The maximum atomic E-state index is 13.1. The van der Waals surface area contributed by atoms with Gasteiger partial charge in [0.25, 0.3) is 5.91 Å². The minimum atomic E-state index is -0.0441. The van der Waals surface area contributed by atoms with Gasteiger partial charge >= 0.3 is 0 Å². The van der Waals surface area contributed by atoms with E-state index in [-0.39, 0.29) is 17.9 Å². The van der Waals surface area contributed by atoms with Gasteiger partial charge in [0.1, 0.15) is 4.88 Å². The third kappa shape index (κ3) is 4.67. The Bertz CT molecular complexity index is 859. The summed E-state index contributed by atoms with van der Waals surface area (Å²) in [7, 11) is 0. The third-order valence-electron chi connectivity index (χ3n) is 5.78. The highest BCUT2D eigenvalue weighted by Gasteiger charge is 2.32. The Hall–Kier alpha value is -2.25. The fraction of sp³-hybridized carbons (Fsp3) is 0.500. The van der Waals surface area contributed by atoms with Crippen molar-refractivity contribution in [3.63, 3.8) is 0 Å². The van der Waals surface area contributed by atoms with Crippen molar-refractivity contribution < 1.29 is 9.59 Å². The number of rotatable bonds is 4. The average Bonchev–Trinajstić information content (AvgIpc) is 2.96. The zero-order valence-electron chi connectivity index (χ0n) is 16.9. The first-order valence-electron chi connectivity index (χ1n) is 10.4. The van der Waals surface area contributed by atoms with Crippen LogP contribution in [0.15, 0.2) is 30.3 Å². The Labute approximate surface area is 175 Å². The number of thiazole rings is 1. The molecule has 0 bridgehead atoms. The number of hydrogen-bond acceptors (Lipinski definition) is 5. The quantitative estimate of drug-likeness (QED) is 0.838. The molecule has 2 aliphatic heterocycles. The lowest BCUT2D eigenvalue weighted by molar-refractivity contribution is -0.126. The highest BCUT2D eigenvalue weighted by atomic mass is 32.1. The molecule has 0 radical (unpaired) electrons. The molecule has 7 heteroatoms. The molecule has 2 amide bonds. The van der Waals surface area contributed by atoms with Gasteiger partial charge in [-0.1, -0.05) is 30.3 Å². The van der Waals surface area contributed by atoms with Crippen LogP contribution in [0.5, 0.6) is 0 Å². The number of nitrogens with zero attached hydrogens (tertiary/aromatic N) is 3. The maximum Gasteiger partial charge on any atom is 0.265 e. The van der Waals surface area contributed by atoms with Crippen molar-refractivity contribution in [2.75, 3.05) is 32.7 Å². The summed E-state index contributed by atoms with van der Waals surface area (Å²) in [5, 5.41) is 3.99. The van der Waals surface area contributed by atoms with Crippen LogP contribution in [0.1, 0.15) is 45.2 Å². The highest BCUT2D eigenvalue weighted by Crippen LogP contribution is 2.24. The van der Waals surface area contributed by atoms with Gasteiger partial charge < -0.3 is 10.2 Å². The molecular weight excluding hydrogens is 384 g/mol. The molecule has 154 valence electrons. The number of carbonyl (C=O) groups is 2. The number of amides is 2. The van der Waals surface area contributed by atoms with Crippen LogP contribution in [0.3, 0.4) is 0 Å². The lowest BCUT2D eigenvalue weighted by Gasteiger charge is -2.38. The van der Waals surface area contributed by atoms with Gasteiger partial charge in [0, 0.05) is 39.1 Å². The SMILES string of the molecule is Cc1nc(Cc2ccccc2)sc1C(=O)N1CCN(C2CCCCNC2=O)CC1. The van der Waals surface area contributed by atoms with Crippen LogP contribution in [0.2, 0.25) is 0 Å². The Morgan fingerprint density at radius 1 is 1.17 bits per heavy atom. The summed E-state index contributed by atoms with van der Waals surface area (Å²) in [4.78, 5) is 34.9. The molecule has 6 nitrogen and oxygen atoms in total. The van der Waals surface area contributed by atoms with E-state index in [2.05, 4.69) is 27.3 Å². The fourth-order valence-corrected chi connectivity index (χ4v) is 5.22. The average molecular weight is 413 g/mol. The van der Waals surface area contributed by atoms with E-state index in [0.717, 1.165) is 60.9 Å². The van der Waals surface area contributed by atoms with E-state index >= 15 is 0 Å². The molecule has 1 aromatic heterocycles. The first kappa shape index (κ1) is 20.0. The molecule has 2 saturated heterocycles. The Morgan fingerprint density at radius 3 is 2.69 bits per heavy atom. The van der Waals surface area contributed by atoms with Crippen LogP contribution in [0.25, 0.3) is 0 Å². The first-order valence-corrected chi connectivity index (χ1v) is 11.2. The number of piperazine rings is 1. The van der Waals surface area contributed by atoms with Crippen LogP contribution >= 0.6 is 11.3 Å². The molecule has 0 saturated carbocycles. The number of aromatic nitrogens is 1. The lowest BCUT2D eigenvalue weighted by atomic mass is 10.1.